The molecule has 0 radical (unpaired) electrons. The number of ether oxygens (including phenoxy) is 3. The molecule has 1 atom stereocenters. The minimum absolute atomic E-state index is 0.104. The van der Waals surface area contributed by atoms with Crippen molar-refractivity contribution in [1.29, 1.82) is 0 Å². The first-order chi connectivity index (χ1) is 41.0. The van der Waals surface area contributed by atoms with Crippen molar-refractivity contribution in [2.45, 2.75) is 309 Å². The zero-order valence-electron chi connectivity index (χ0n) is 53.9. The van der Waals surface area contributed by atoms with Gasteiger partial charge in [0.2, 0.25) is 0 Å². The summed E-state index contributed by atoms with van der Waals surface area (Å²) in [6.45, 7) is 6.38. The maximum Gasteiger partial charge on any atom is 0.306 e. The molecule has 0 aliphatic heterocycles. The standard InChI is InChI=1S/C77H126O6/c1-4-7-10-13-16-19-22-25-28-31-34-37-38-41-43-46-49-52-55-58-61-64-67-70-76(79)82-73-74(83-77(80)71-68-65-62-59-56-53-50-47-44-40-36-33-30-27-24-21-18-15-12-9-6-3)72-81-75(78)69-66-63-60-57-54-51-48-45-42-39-35-32-29-26-23-20-17-14-11-8-5-2/h8-9,11-12,17-18,20-22,25-27,29-31,34-36,39-40,47,50,56,59,74H,4-7,10,13-16,19,23-24,28,32-33,37-38,41-46,48-49,51-55,57-58,60-73H2,1-3H3/b11-8-,12-9-,20-17-,21-18-,25-22-,29-26-,30-27-,34-31-,39-35-,40-36-,50-47-,59-56-. The fourth-order valence-electron chi connectivity index (χ4n) is 9.23. The van der Waals surface area contributed by atoms with Gasteiger partial charge in [0, 0.05) is 19.3 Å². The number of esters is 3. The van der Waals surface area contributed by atoms with E-state index in [9.17, 15) is 14.4 Å². The van der Waals surface area contributed by atoms with Crippen LogP contribution < -0.4 is 0 Å². The normalized spacial score (nSPS) is 13.0. The quantitative estimate of drug-likeness (QED) is 0.0261. The Labute approximate surface area is 512 Å². The van der Waals surface area contributed by atoms with Crippen molar-refractivity contribution in [3.8, 4) is 0 Å². The summed E-state index contributed by atoms with van der Waals surface area (Å²) in [5, 5.41) is 0. The van der Waals surface area contributed by atoms with Gasteiger partial charge in [-0.3, -0.25) is 14.4 Å². The third-order valence-corrected chi connectivity index (χ3v) is 14.3. The van der Waals surface area contributed by atoms with Crippen molar-refractivity contribution in [3.63, 3.8) is 0 Å². The van der Waals surface area contributed by atoms with Crippen LogP contribution in [-0.4, -0.2) is 37.2 Å². The first kappa shape index (κ1) is 78.3. The predicted molar refractivity (Wildman–Crippen MR) is 362 cm³/mol. The maximum atomic E-state index is 12.9. The molecule has 6 heteroatoms. The van der Waals surface area contributed by atoms with Gasteiger partial charge < -0.3 is 14.2 Å². The second kappa shape index (κ2) is 69.8. The Bertz CT molecular complexity index is 1800. The Morgan fingerprint density at radius 1 is 0.253 bits per heavy atom. The van der Waals surface area contributed by atoms with Crippen LogP contribution in [0.4, 0.5) is 0 Å². The van der Waals surface area contributed by atoms with E-state index in [1.165, 1.54) is 128 Å². The summed E-state index contributed by atoms with van der Waals surface area (Å²) in [6, 6.07) is 0. The highest BCUT2D eigenvalue weighted by atomic mass is 16.6. The Kier molecular flexibility index (Phi) is 65.8. The van der Waals surface area contributed by atoms with E-state index < -0.39 is 6.10 Å². The van der Waals surface area contributed by atoms with Gasteiger partial charge >= 0.3 is 17.9 Å². The molecular weight excluding hydrogens is 1020 g/mol. The van der Waals surface area contributed by atoms with E-state index in [4.69, 9.17) is 14.2 Å². The van der Waals surface area contributed by atoms with Crippen LogP contribution in [0.1, 0.15) is 303 Å². The fourth-order valence-corrected chi connectivity index (χ4v) is 9.23. The van der Waals surface area contributed by atoms with Crippen LogP contribution >= 0.6 is 0 Å². The lowest BCUT2D eigenvalue weighted by Crippen LogP contribution is -2.30. The lowest BCUT2D eigenvalue weighted by molar-refractivity contribution is -0.167. The fraction of sp³-hybridized carbons (Fsp3) is 0.649. The van der Waals surface area contributed by atoms with E-state index in [2.05, 4.69) is 167 Å². The highest BCUT2D eigenvalue weighted by Crippen LogP contribution is 2.16. The van der Waals surface area contributed by atoms with E-state index >= 15 is 0 Å². The molecule has 0 N–H and O–H groups in total. The number of rotatable bonds is 61. The zero-order chi connectivity index (χ0) is 59.9. The van der Waals surface area contributed by atoms with Gasteiger partial charge in [-0.15, -0.1) is 0 Å². The van der Waals surface area contributed by atoms with Crippen molar-refractivity contribution in [1.82, 2.24) is 0 Å². The molecule has 0 aromatic heterocycles. The average Bonchev–Trinajstić information content (AvgIpc) is 3.49. The Morgan fingerprint density at radius 3 is 0.759 bits per heavy atom. The first-order valence-electron chi connectivity index (χ1n) is 34.3. The van der Waals surface area contributed by atoms with Gasteiger partial charge in [-0.25, -0.2) is 0 Å². The molecule has 0 saturated carbocycles. The highest BCUT2D eigenvalue weighted by Gasteiger charge is 2.19. The molecular formula is C77H126O6. The monoisotopic (exact) mass is 1150 g/mol. The minimum Gasteiger partial charge on any atom is -0.462 e. The topological polar surface area (TPSA) is 78.9 Å². The molecule has 6 nitrogen and oxygen atoms in total. The molecule has 0 aromatic rings. The predicted octanol–water partition coefficient (Wildman–Crippen LogP) is 23.9. The average molecular weight is 1150 g/mol. The molecule has 83 heavy (non-hydrogen) atoms. The molecule has 0 spiro atoms. The number of carbonyl (C=O) groups excluding carboxylic acids is 3. The summed E-state index contributed by atoms with van der Waals surface area (Å²) < 4.78 is 16.9. The number of carbonyl (C=O) groups is 3. The summed E-state index contributed by atoms with van der Waals surface area (Å²) in [7, 11) is 0. The number of unbranched alkanes of at least 4 members (excludes halogenated alkanes) is 26. The van der Waals surface area contributed by atoms with Crippen molar-refractivity contribution in [2.24, 2.45) is 0 Å². The van der Waals surface area contributed by atoms with Gasteiger partial charge in [0.1, 0.15) is 13.2 Å². The van der Waals surface area contributed by atoms with Crippen LogP contribution in [0.5, 0.6) is 0 Å². The van der Waals surface area contributed by atoms with Crippen molar-refractivity contribution >= 4 is 17.9 Å². The van der Waals surface area contributed by atoms with Crippen LogP contribution in [0.15, 0.2) is 146 Å². The molecule has 0 rings (SSSR count). The van der Waals surface area contributed by atoms with Crippen molar-refractivity contribution < 1.29 is 28.6 Å². The lowest BCUT2D eigenvalue weighted by atomic mass is 10.0. The van der Waals surface area contributed by atoms with E-state index in [1.54, 1.807) is 0 Å². The summed E-state index contributed by atoms with van der Waals surface area (Å²) in [5.41, 5.74) is 0. The maximum absolute atomic E-state index is 12.9. The molecule has 0 saturated heterocycles. The second-order valence-electron chi connectivity index (χ2n) is 22.3. The largest absolute Gasteiger partial charge is 0.462 e. The third kappa shape index (κ3) is 68.0. The van der Waals surface area contributed by atoms with E-state index in [0.717, 1.165) is 128 Å². The zero-order valence-corrected chi connectivity index (χ0v) is 53.9. The van der Waals surface area contributed by atoms with E-state index in [1.807, 2.05) is 0 Å². The molecule has 1 unspecified atom stereocenters. The molecule has 0 aliphatic rings. The van der Waals surface area contributed by atoms with Gasteiger partial charge in [-0.05, 0) is 141 Å². The molecule has 0 aromatic carbocycles. The first-order valence-corrected chi connectivity index (χ1v) is 34.3. The number of hydrogen-bond donors (Lipinski definition) is 0. The van der Waals surface area contributed by atoms with Crippen molar-refractivity contribution in [2.75, 3.05) is 13.2 Å². The Morgan fingerprint density at radius 2 is 0.470 bits per heavy atom. The van der Waals surface area contributed by atoms with Crippen LogP contribution in [0.3, 0.4) is 0 Å². The van der Waals surface area contributed by atoms with Crippen LogP contribution in [-0.2, 0) is 28.6 Å². The third-order valence-electron chi connectivity index (χ3n) is 14.3. The molecule has 0 heterocycles. The molecule has 0 bridgehead atoms. The summed E-state index contributed by atoms with van der Waals surface area (Å²) in [6.07, 6.45) is 100.0. The Hall–Kier alpha value is -4.71. The highest BCUT2D eigenvalue weighted by molar-refractivity contribution is 5.71. The van der Waals surface area contributed by atoms with Gasteiger partial charge in [-0.1, -0.05) is 289 Å². The van der Waals surface area contributed by atoms with Gasteiger partial charge in [-0.2, -0.15) is 0 Å². The van der Waals surface area contributed by atoms with Gasteiger partial charge in [0.05, 0.1) is 0 Å². The molecule has 0 amide bonds. The number of hydrogen-bond acceptors (Lipinski definition) is 6. The van der Waals surface area contributed by atoms with Gasteiger partial charge in [0.25, 0.3) is 0 Å². The van der Waals surface area contributed by atoms with Crippen LogP contribution in [0.25, 0.3) is 0 Å². The Balaban J connectivity index is 4.49. The van der Waals surface area contributed by atoms with Crippen molar-refractivity contribution in [3.05, 3.63) is 146 Å². The molecule has 0 fully saturated rings. The molecule has 0 aliphatic carbocycles. The minimum atomic E-state index is -0.814. The number of allylic oxidation sites excluding steroid dienone is 24. The smallest absolute Gasteiger partial charge is 0.306 e. The van der Waals surface area contributed by atoms with E-state index in [-0.39, 0.29) is 37.5 Å². The van der Waals surface area contributed by atoms with Gasteiger partial charge in [0.15, 0.2) is 6.10 Å². The summed E-state index contributed by atoms with van der Waals surface area (Å²) >= 11 is 0. The van der Waals surface area contributed by atoms with Crippen LogP contribution in [0.2, 0.25) is 0 Å². The summed E-state index contributed by atoms with van der Waals surface area (Å²) in [5.74, 6) is -0.953. The molecule has 470 valence electrons. The lowest BCUT2D eigenvalue weighted by Gasteiger charge is -2.18. The van der Waals surface area contributed by atoms with E-state index in [0.29, 0.717) is 19.3 Å². The van der Waals surface area contributed by atoms with Crippen LogP contribution in [0, 0.1) is 0 Å². The SMILES string of the molecule is CC/C=C\C/C=C\C/C=C\C/C=C\C/C=C\C/C=C\CCCCC(=O)OC(COC(=O)CCCCCCCCCC/C=C\C/C=C\C/C=C\C/C=C\CC)COC(=O)CCCCCCCCCCCCC/C=C\C/C=C\CCCCCCC. The summed E-state index contributed by atoms with van der Waals surface area (Å²) in [4.78, 5) is 38.5. The second-order valence-corrected chi connectivity index (χ2v) is 22.3.